The summed E-state index contributed by atoms with van der Waals surface area (Å²) >= 11 is 13.7. The molecule has 8 heteroatoms. The average molecular weight is 455 g/mol. The van der Waals surface area contributed by atoms with Gasteiger partial charge in [0.15, 0.2) is 15.0 Å². The van der Waals surface area contributed by atoms with Crippen molar-refractivity contribution in [3.8, 4) is 0 Å². The molecule has 4 rings (SSSR count). The van der Waals surface area contributed by atoms with E-state index in [-0.39, 0.29) is 23.6 Å². The number of aryl methyl sites for hydroxylation is 2. The Bertz CT molecular complexity index is 1070. The van der Waals surface area contributed by atoms with Crippen LogP contribution in [0.1, 0.15) is 16.7 Å². The second-order valence-corrected chi connectivity index (χ2v) is 11.2. The van der Waals surface area contributed by atoms with Crippen molar-refractivity contribution in [2.24, 2.45) is 4.99 Å². The predicted molar refractivity (Wildman–Crippen MR) is 120 cm³/mol. The molecule has 1 saturated heterocycles. The third-order valence-corrected chi connectivity index (χ3v) is 8.56. The van der Waals surface area contributed by atoms with E-state index in [4.69, 9.17) is 28.2 Å². The first-order chi connectivity index (χ1) is 13.2. The van der Waals surface area contributed by atoms with Gasteiger partial charge in [0.05, 0.1) is 33.6 Å². The highest BCUT2D eigenvalue weighted by molar-refractivity contribution is 8.13. The van der Waals surface area contributed by atoms with Crippen LogP contribution in [0.4, 0.5) is 5.69 Å². The topological polar surface area (TPSA) is 49.7 Å². The summed E-state index contributed by atoms with van der Waals surface area (Å²) in [5.74, 6) is 0.949. The highest BCUT2D eigenvalue weighted by Gasteiger charge is 2.47. The molecule has 0 spiro atoms. The van der Waals surface area contributed by atoms with Gasteiger partial charge in [0.1, 0.15) is 0 Å². The Morgan fingerprint density at radius 1 is 1.11 bits per heavy atom. The molecular weight excluding hydrogens is 435 g/mol. The molecule has 0 amide bonds. The van der Waals surface area contributed by atoms with E-state index in [0.29, 0.717) is 15.8 Å². The van der Waals surface area contributed by atoms with Crippen molar-refractivity contribution in [3.63, 3.8) is 0 Å². The number of benzene rings is 2. The van der Waals surface area contributed by atoms with E-state index in [9.17, 15) is 8.42 Å². The van der Waals surface area contributed by atoms with E-state index in [1.165, 1.54) is 0 Å². The summed E-state index contributed by atoms with van der Waals surface area (Å²) in [6.45, 7) is 4.09. The van der Waals surface area contributed by atoms with Gasteiger partial charge >= 0.3 is 0 Å². The summed E-state index contributed by atoms with van der Waals surface area (Å²) in [4.78, 5) is 6.92. The SMILES string of the molecule is Cc1ccc(C)c(N2C(SCc3ccc(Cl)c(Cl)c3)=N[C@@H]3CS(=O)(=O)C[C@H]32)c1. The van der Waals surface area contributed by atoms with Gasteiger partial charge in [-0.25, -0.2) is 8.42 Å². The Balaban J connectivity index is 1.65. The van der Waals surface area contributed by atoms with Crippen LogP contribution in [0, 0.1) is 13.8 Å². The molecule has 4 nitrogen and oxygen atoms in total. The number of hydrogen-bond donors (Lipinski definition) is 0. The predicted octanol–water partition coefficient (Wildman–Crippen LogP) is 4.89. The summed E-state index contributed by atoms with van der Waals surface area (Å²) < 4.78 is 24.4. The van der Waals surface area contributed by atoms with E-state index in [0.717, 1.165) is 27.5 Å². The lowest BCUT2D eigenvalue weighted by Gasteiger charge is -2.28. The summed E-state index contributed by atoms with van der Waals surface area (Å²) in [6.07, 6.45) is 0. The van der Waals surface area contributed by atoms with Crippen molar-refractivity contribution in [1.29, 1.82) is 0 Å². The fraction of sp³-hybridized carbons (Fsp3) is 0.350. The van der Waals surface area contributed by atoms with Crippen LogP contribution >= 0.6 is 35.0 Å². The fourth-order valence-electron chi connectivity index (χ4n) is 3.67. The summed E-state index contributed by atoms with van der Waals surface area (Å²) in [5.41, 5.74) is 4.33. The second kappa shape index (κ2) is 7.56. The standard InChI is InChI=1S/C20H20Cl2N2O2S2/c1-12-3-4-13(2)18(7-12)24-19-11-28(25,26)10-17(19)23-20(24)27-9-14-5-6-15(21)16(22)8-14/h3-8,17,19H,9-11H2,1-2H3/t17-,19-/m1/s1. The minimum absolute atomic E-state index is 0.121. The minimum Gasteiger partial charge on any atom is -0.315 e. The third-order valence-electron chi connectivity index (χ3n) is 5.08. The van der Waals surface area contributed by atoms with Gasteiger partial charge in [-0.3, -0.25) is 4.99 Å². The van der Waals surface area contributed by atoms with Crippen LogP contribution in [-0.4, -0.2) is 37.2 Å². The van der Waals surface area contributed by atoms with E-state index in [1.54, 1.807) is 17.8 Å². The number of fused-ring (bicyclic) bond motifs is 1. The number of halogens is 2. The van der Waals surface area contributed by atoms with Crippen molar-refractivity contribution in [3.05, 3.63) is 63.1 Å². The van der Waals surface area contributed by atoms with Crippen LogP contribution in [0.5, 0.6) is 0 Å². The molecule has 2 aromatic rings. The van der Waals surface area contributed by atoms with Crippen LogP contribution in [0.3, 0.4) is 0 Å². The zero-order chi connectivity index (χ0) is 20.1. The van der Waals surface area contributed by atoms with Crippen molar-refractivity contribution in [2.45, 2.75) is 31.7 Å². The van der Waals surface area contributed by atoms with Crippen LogP contribution in [0.2, 0.25) is 10.0 Å². The maximum absolute atomic E-state index is 12.2. The Hall–Kier alpha value is -1.21. The van der Waals surface area contributed by atoms with Gasteiger partial charge < -0.3 is 4.90 Å². The summed E-state index contributed by atoms with van der Waals surface area (Å²) in [7, 11) is -3.06. The zero-order valence-corrected chi connectivity index (χ0v) is 18.7. The summed E-state index contributed by atoms with van der Waals surface area (Å²) in [5, 5.41) is 1.93. The molecule has 2 heterocycles. The molecule has 28 heavy (non-hydrogen) atoms. The number of amidine groups is 1. The number of rotatable bonds is 3. The number of hydrogen-bond acceptors (Lipinski definition) is 5. The molecule has 0 aromatic heterocycles. The second-order valence-electron chi connectivity index (χ2n) is 7.32. The van der Waals surface area contributed by atoms with Gasteiger partial charge in [-0.2, -0.15) is 0 Å². The van der Waals surface area contributed by atoms with E-state index in [1.807, 2.05) is 26.0 Å². The highest BCUT2D eigenvalue weighted by Crippen LogP contribution is 2.38. The van der Waals surface area contributed by atoms with Gasteiger partial charge in [0.2, 0.25) is 0 Å². The first-order valence-electron chi connectivity index (χ1n) is 8.95. The third kappa shape index (κ3) is 3.92. The van der Waals surface area contributed by atoms with Gasteiger partial charge in [-0.1, -0.05) is 53.2 Å². The highest BCUT2D eigenvalue weighted by atomic mass is 35.5. The van der Waals surface area contributed by atoms with Gasteiger partial charge in [-0.15, -0.1) is 0 Å². The lowest BCUT2D eigenvalue weighted by atomic mass is 10.1. The molecule has 0 bridgehead atoms. The Morgan fingerprint density at radius 3 is 2.64 bits per heavy atom. The molecule has 2 aliphatic rings. The Morgan fingerprint density at radius 2 is 1.89 bits per heavy atom. The van der Waals surface area contributed by atoms with Gasteiger partial charge in [0.25, 0.3) is 0 Å². The molecular formula is C20H20Cl2N2O2S2. The van der Waals surface area contributed by atoms with Crippen molar-refractivity contribution >= 4 is 55.7 Å². The number of sulfone groups is 1. The molecule has 0 saturated carbocycles. The van der Waals surface area contributed by atoms with Gasteiger partial charge in [-0.05, 0) is 48.7 Å². The first-order valence-corrected chi connectivity index (χ1v) is 12.5. The lowest BCUT2D eigenvalue weighted by Crippen LogP contribution is -2.39. The smallest absolute Gasteiger partial charge is 0.164 e. The van der Waals surface area contributed by atoms with E-state index >= 15 is 0 Å². The van der Waals surface area contributed by atoms with Gasteiger partial charge in [0, 0.05) is 11.4 Å². The molecule has 148 valence electrons. The molecule has 0 N–H and O–H groups in total. The quantitative estimate of drug-likeness (QED) is 0.662. The van der Waals surface area contributed by atoms with Crippen molar-refractivity contribution in [2.75, 3.05) is 16.4 Å². The largest absolute Gasteiger partial charge is 0.315 e. The maximum Gasteiger partial charge on any atom is 0.164 e. The number of anilines is 1. The molecule has 0 radical (unpaired) electrons. The van der Waals surface area contributed by atoms with E-state index < -0.39 is 9.84 Å². The Kier molecular flexibility index (Phi) is 5.42. The summed E-state index contributed by atoms with van der Waals surface area (Å²) in [6, 6.07) is 11.5. The molecule has 2 aromatic carbocycles. The first kappa shape index (κ1) is 20.1. The molecule has 2 aliphatic heterocycles. The molecule has 2 atom stereocenters. The zero-order valence-electron chi connectivity index (χ0n) is 15.5. The van der Waals surface area contributed by atoms with Crippen molar-refractivity contribution in [1.82, 2.24) is 0 Å². The molecule has 0 unspecified atom stereocenters. The van der Waals surface area contributed by atoms with Crippen LogP contribution in [0.25, 0.3) is 0 Å². The van der Waals surface area contributed by atoms with Crippen LogP contribution < -0.4 is 4.90 Å². The Labute approximate surface area is 179 Å². The van der Waals surface area contributed by atoms with Crippen molar-refractivity contribution < 1.29 is 8.42 Å². The minimum atomic E-state index is -3.06. The number of thioether (sulfide) groups is 1. The van der Waals surface area contributed by atoms with E-state index in [2.05, 4.69) is 23.1 Å². The van der Waals surface area contributed by atoms with Crippen LogP contribution in [-0.2, 0) is 15.6 Å². The van der Waals surface area contributed by atoms with Crippen LogP contribution in [0.15, 0.2) is 41.4 Å². The number of aliphatic imine (C=N–C) groups is 1. The molecule has 1 fully saturated rings. The monoisotopic (exact) mass is 454 g/mol. The average Bonchev–Trinajstić information content (AvgIpc) is 3.09. The molecule has 0 aliphatic carbocycles. The number of nitrogens with zero attached hydrogens (tertiary/aromatic N) is 2. The normalized spacial score (nSPS) is 23.0. The lowest BCUT2D eigenvalue weighted by molar-refractivity contribution is 0.601. The maximum atomic E-state index is 12.2. The fourth-order valence-corrected chi connectivity index (χ4v) is 6.89.